The number of phenolic OH excluding ortho intramolecular Hbond substituents is 2. The highest BCUT2D eigenvalue weighted by atomic mass is 16.3. The molecule has 46 heavy (non-hydrogen) atoms. The largest absolute Gasteiger partial charge is 0.507 e. The number of unbranched alkanes of at least 4 members (excludes halogenated alkanes) is 8. The first-order valence-corrected chi connectivity index (χ1v) is 19.1. The predicted molar refractivity (Wildman–Crippen MR) is 201 cm³/mol. The Hall–Kier alpha value is -2.62. The lowest BCUT2D eigenvalue weighted by atomic mass is 9.67. The van der Waals surface area contributed by atoms with Crippen LogP contribution in [0.4, 0.5) is 0 Å². The Balaban J connectivity index is 2.51. The third-order valence-electron chi connectivity index (χ3n) is 9.74. The van der Waals surface area contributed by atoms with E-state index in [-0.39, 0.29) is 11.5 Å². The van der Waals surface area contributed by atoms with Crippen molar-refractivity contribution in [2.75, 3.05) is 0 Å². The van der Waals surface area contributed by atoms with Crippen LogP contribution < -0.4 is 0 Å². The Kier molecular flexibility index (Phi) is 19.0. The smallest absolute Gasteiger partial charge is 0.124 e. The fraction of sp³-hybridized carbons (Fsp3) is 0.667. The molecular formula is C42H68N2O2. The van der Waals surface area contributed by atoms with E-state index in [1.807, 2.05) is 24.6 Å². The molecule has 0 unspecified atom stereocenters. The van der Waals surface area contributed by atoms with Crippen molar-refractivity contribution < 1.29 is 10.2 Å². The molecule has 0 saturated carbocycles. The number of hydrogen-bond donors (Lipinski definition) is 2. The topological polar surface area (TPSA) is 65.2 Å². The first kappa shape index (κ1) is 39.6. The number of nitrogens with zero attached hydrogens (tertiary/aromatic N) is 2. The van der Waals surface area contributed by atoms with E-state index in [0.29, 0.717) is 0 Å². The van der Waals surface area contributed by atoms with Gasteiger partial charge in [-0.1, -0.05) is 131 Å². The van der Waals surface area contributed by atoms with Crippen molar-refractivity contribution in [1.82, 2.24) is 0 Å². The average molecular weight is 633 g/mol. The molecular weight excluding hydrogens is 564 g/mol. The van der Waals surface area contributed by atoms with Gasteiger partial charge in [-0.25, -0.2) is 0 Å². The number of aryl methyl sites for hydroxylation is 2. The van der Waals surface area contributed by atoms with E-state index >= 15 is 0 Å². The molecule has 0 aliphatic rings. The first-order valence-electron chi connectivity index (χ1n) is 19.1. The van der Waals surface area contributed by atoms with Gasteiger partial charge in [0, 0.05) is 23.6 Å². The molecule has 4 heteroatoms. The van der Waals surface area contributed by atoms with Crippen LogP contribution in [-0.2, 0) is 12.8 Å². The normalized spacial score (nSPS) is 12.6. The second kappa shape index (κ2) is 22.0. The number of aliphatic imine (C=N–C) groups is 2. The highest BCUT2D eigenvalue weighted by Crippen LogP contribution is 2.45. The molecule has 2 rings (SSSR count). The molecule has 0 aromatic heterocycles. The summed E-state index contributed by atoms with van der Waals surface area (Å²) in [7, 11) is 0. The summed E-state index contributed by atoms with van der Waals surface area (Å²) in [6, 6.07) is 12.1. The SMILES string of the molecule is CCCCCCCc1ccc(O)c(C=NC(CCC)(CCC)C(CCC)(CCC)N=Cc2cc(CCCCCCC)ccc2O)c1. The molecule has 0 atom stereocenters. The van der Waals surface area contributed by atoms with E-state index in [1.54, 1.807) is 0 Å². The summed E-state index contributed by atoms with van der Waals surface area (Å²) in [5.74, 6) is 0.578. The van der Waals surface area contributed by atoms with Crippen LogP contribution in [-0.4, -0.2) is 33.7 Å². The Morgan fingerprint density at radius 2 is 0.826 bits per heavy atom. The van der Waals surface area contributed by atoms with Gasteiger partial charge < -0.3 is 10.2 Å². The Bertz CT molecular complexity index is 1060. The fourth-order valence-corrected chi connectivity index (χ4v) is 7.31. The molecule has 258 valence electrons. The van der Waals surface area contributed by atoms with E-state index in [1.165, 1.54) is 75.3 Å². The van der Waals surface area contributed by atoms with Crippen LogP contribution in [0.5, 0.6) is 11.5 Å². The van der Waals surface area contributed by atoms with Gasteiger partial charge in [0.1, 0.15) is 11.5 Å². The third kappa shape index (κ3) is 12.2. The maximum absolute atomic E-state index is 10.9. The van der Waals surface area contributed by atoms with Gasteiger partial charge in [-0.2, -0.15) is 0 Å². The Morgan fingerprint density at radius 3 is 1.15 bits per heavy atom. The molecule has 0 amide bonds. The summed E-state index contributed by atoms with van der Waals surface area (Å²) in [5.41, 5.74) is 3.32. The lowest BCUT2D eigenvalue weighted by Gasteiger charge is -2.46. The summed E-state index contributed by atoms with van der Waals surface area (Å²) in [6.45, 7) is 13.5. The van der Waals surface area contributed by atoms with Crippen LogP contribution >= 0.6 is 0 Å². The van der Waals surface area contributed by atoms with Crippen LogP contribution in [0.1, 0.15) is 179 Å². The molecule has 2 N–H and O–H groups in total. The number of hydrogen-bond acceptors (Lipinski definition) is 4. The number of rotatable bonds is 25. The quantitative estimate of drug-likeness (QED) is 0.0845. The second-order valence-electron chi connectivity index (χ2n) is 13.7. The molecule has 2 aromatic carbocycles. The summed E-state index contributed by atoms with van der Waals surface area (Å²) in [5, 5.41) is 21.8. The summed E-state index contributed by atoms with van der Waals surface area (Å²) < 4.78 is 0. The molecule has 4 nitrogen and oxygen atoms in total. The van der Waals surface area contributed by atoms with Crippen LogP contribution in [0, 0.1) is 0 Å². The van der Waals surface area contributed by atoms with Gasteiger partial charge in [0.25, 0.3) is 0 Å². The second-order valence-corrected chi connectivity index (χ2v) is 13.7. The molecule has 0 aliphatic heterocycles. The molecule has 0 heterocycles. The maximum Gasteiger partial charge on any atom is 0.124 e. The van der Waals surface area contributed by atoms with Gasteiger partial charge in [-0.05, 0) is 86.8 Å². The average Bonchev–Trinajstić information content (AvgIpc) is 3.04. The van der Waals surface area contributed by atoms with Gasteiger partial charge in [0.2, 0.25) is 0 Å². The van der Waals surface area contributed by atoms with Crippen molar-refractivity contribution in [2.24, 2.45) is 9.98 Å². The number of aromatic hydroxyl groups is 2. The summed E-state index contributed by atoms with van der Waals surface area (Å²) >= 11 is 0. The van der Waals surface area contributed by atoms with Crippen molar-refractivity contribution in [2.45, 2.75) is 181 Å². The van der Waals surface area contributed by atoms with Gasteiger partial charge in [-0.3, -0.25) is 9.98 Å². The van der Waals surface area contributed by atoms with Crippen molar-refractivity contribution >= 4 is 12.4 Å². The minimum absolute atomic E-state index is 0.289. The van der Waals surface area contributed by atoms with Crippen LogP contribution in [0.15, 0.2) is 46.4 Å². The van der Waals surface area contributed by atoms with Crippen LogP contribution in [0.25, 0.3) is 0 Å². The molecule has 0 saturated heterocycles. The predicted octanol–water partition coefficient (Wildman–Crippen LogP) is 12.3. The standard InChI is InChI=1S/C42H68N2O2/c1-7-13-15-17-19-21-35-23-25-39(45)37(31-35)33-43-41(27-9-3,28-10-4)42(29-11-5,30-12-6)44-34-38-32-36(24-26-40(38)46)22-20-18-16-14-8-2/h23-26,31-34,45-46H,7-22,27-30H2,1-6H3. The van der Waals surface area contributed by atoms with Crippen molar-refractivity contribution in [3.8, 4) is 11.5 Å². The van der Waals surface area contributed by atoms with Gasteiger partial charge in [-0.15, -0.1) is 0 Å². The molecule has 2 aromatic rings. The lowest BCUT2D eigenvalue weighted by molar-refractivity contribution is 0.166. The monoisotopic (exact) mass is 633 g/mol. The van der Waals surface area contributed by atoms with E-state index in [2.05, 4.69) is 65.8 Å². The van der Waals surface area contributed by atoms with E-state index in [4.69, 9.17) is 9.98 Å². The van der Waals surface area contributed by atoms with Crippen molar-refractivity contribution in [3.63, 3.8) is 0 Å². The van der Waals surface area contributed by atoms with E-state index in [0.717, 1.165) is 75.3 Å². The molecule has 0 spiro atoms. The van der Waals surface area contributed by atoms with Crippen LogP contribution in [0.3, 0.4) is 0 Å². The first-order chi connectivity index (χ1) is 22.3. The minimum atomic E-state index is -0.409. The van der Waals surface area contributed by atoms with Gasteiger partial charge in [0.05, 0.1) is 11.1 Å². The minimum Gasteiger partial charge on any atom is -0.507 e. The van der Waals surface area contributed by atoms with Crippen molar-refractivity contribution in [1.29, 1.82) is 0 Å². The lowest BCUT2D eigenvalue weighted by Crippen LogP contribution is -2.52. The summed E-state index contributed by atoms with van der Waals surface area (Å²) in [4.78, 5) is 11.0. The zero-order chi connectivity index (χ0) is 33.7. The fourth-order valence-electron chi connectivity index (χ4n) is 7.31. The van der Waals surface area contributed by atoms with Crippen molar-refractivity contribution in [3.05, 3.63) is 58.7 Å². The van der Waals surface area contributed by atoms with Gasteiger partial charge in [0.15, 0.2) is 0 Å². The molecule has 0 aliphatic carbocycles. The highest BCUT2D eigenvalue weighted by molar-refractivity contribution is 5.85. The molecule has 0 bridgehead atoms. The van der Waals surface area contributed by atoms with E-state index < -0.39 is 11.1 Å². The summed E-state index contributed by atoms with van der Waals surface area (Å²) in [6.07, 6.45) is 26.2. The van der Waals surface area contributed by atoms with Crippen LogP contribution in [0.2, 0.25) is 0 Å². The number of benzene rings is 2. The zero-order valence-corrected chi connectivity index (χ0v) is 30.5. The molecule has 0 fully saturated rings. The molecule has 0 radical (unpaired) electrons. The zero-order valence-electron chi connectivity index (χ0n) is 30.5. The Labute approximate surface area is 283 Å². The van der Waals surface area contributed by atoms with Gasteiger partial charge >= 0.3 is 0 Å². The maximum atomic E-state index is 10.9. The highest BCUT2D eigenvalue weighted by Gasteiger charge is 2.48. The third-order valence-corrected chi connectivity index (χ3v) is 9.74. The number of phenols is 2. The Morgan fingerprint density at radius 1 is 0.478 bits per heavy atom. The van der Waals surface area contributed by atoms with E-state index in [9.17, 15) is 10.2 Å².